The van der Waals surface area contributed by atoms with Crippen molar-refractivity contribution < 1.29 is 32.6 Å². The molecule has 1 aliphatic rings. The van der Waals surface area contributed by atoms with E-state index in [9.17, 15) is 23.2 Å². The third-order valence-corrected chi connectivity index (χ3v) is 5.53. The van der Waals surface area contributed by atoms with Crippen molar-refractivity contribution in [2.45, 2.75) is 57.0 Å². The molecule has 1 fully saturated rings. The highest BCUT2D eigenvalue weighted by Gasteiger charge is 2.25. The number of carbonyl (C=O) groups is 3. The van der Waals surface area contributed by atoms with Crippen molar-refractivity contribution >= 4 is 17.8 Å². The lowest BCUT2D eigenvalue weighted by molar-refractivity contribution is -0.140. The van der Waals surface area contributed by atoms with Crippen LogP contribution in [-0.4, -0.2) is 42.0 Å². The molecular weight excluding hydrogens is 448 g/mol. The van der Waals surface area contributed by atoms with Gasteiger partial charge in [0.25, 0.3) is 5.91 Å². The molecule has 0 unspecified atom stereocenters. The summed E-state index contributed by atoms with van der Waals surface area (Å²) in [5, 5.41) is 5.83. The molecule has 0 aliphatic heterocycles. The largest absolute Gasteiger partial charge is 0.469 e. The minimum absolute atomic E-state index is 0.00742. The molecule has 0 bridgehead atoms. The van der Waals surface area contributed by atoms with E-state index in [2.05, 4.69) is 20.4 Å². The summed E-state index contributed by atoms with van der Waals surface area (Å²) in [6.45, 7) is 0. The van der Waals surface area contributed by atoms with Gasteiger partial charge in [-0.1, -0.05) is 0 Å². The Balaban J connectivity index is 1.50. The summed E-state index contributed by atoms with van der Waals surface area (Å²) in [4.78, 5) is 39.9. The number of amides is 2. The SMILES string of the molecule is COC(=O)CCCC(=O)NC1CCC(NC(=O)c2cc(F)cnc2Oc2ccc(F)cc2)CC1. The van der Waals surface area contributed by atoms with E-state index >= 15 is 0 Å². The second-order valence-electron chi connectivity index (χ2n) is 8.08. The number of nitrogens with zero attached hydrogens (tertiary/aromatic N) is 1. The molecule has 1 saturated carbocycles. The molecular formula is C24H27F2N3O5. The van der Waals surface area contributed by atoms with Crippen LogP contribution >= 0.6 is 0 Å². The van der Waals surface area contributed by atoms with Gasteiger partial charge in [-0.3, -0.25) is 14.4 Å². The van der Waals surface area contributed by atoms with E-state index in [1.807, 2.05) is 0 Å². The van der Waals surface area contributed by atoms with Gasteiger partial charge >= 0.3 is 5.97 Å². The van der Waals surface area contributed by atoms with Crippen LogP contribution in [0, 0.1) is 11.6 Å². The zero-order valence-corrected chi connectivity index (χ0v) is 18.8. The van der Waals surface area contributed by atoms with Crippen LogP contribution in [-0.2, 0) is 14.3 Å². The van der Waals surface area contributed by atoms with Crippen molar-refractivity contribution in [1.29, 1.82) is 0 Å². The van der Waals surface area contributed by atoms with Crippen molar-refractivity contribution in [1.82, 2.24) is 15.6 Å². The summed E-state index contributed by atoms with van der Waals surface area (Å²) in [6.07, 6.45) is 4.43. The van der Waals surface area contributed by atoms with Gasteiger partial charge < -0.3 is 20.1 Å². The van der Waals surface area contributed by atoms with Gasteiger partial charge in [0.2, 0.25) is 11.8 Å². The van der Waals surface area contributed by atoms with Crippen LogP contribution in [0.3, 0.4) is 0 Å². The third-order valence-electron chi connectivity index (χ3n) is 5.53. The van der Waals surface area contributed by atoms with Crippen molar-refractivity contribution in [2.75, 3.05) is 7.11 Å². The summed E-state index contributed by atoms with van der Waals surface area (Å²) in [5.41, 5.74) is -0.0645. The highest BCUT2D eigenvalue weighted by atomic mass is 19.1. The molecule has 2 aromatic rings. The van der Waals surface area contributed by atoms with Crippen LogP contribution in [0.4, 0.5) is 8.78 Å². The number of benzene rings is 1. The van der Waals surface area contributed by atoms with Gasteiger partial charge in [0, 0.05) is 24.9 Å². The number of pyridine rings is 1. The monoisotopic (exact) mass is 475 g/mol. The fourth-order valence-electron chi connectivity index (χ4n) is 3.73. The molecule has 3 rings (SSSR count). The molecule has 1 aromatic carbocycles. The van der Waals surface area contributed by atoms with Gasteiger partial charge in [-0.15, -0.1) is 0 Å². The van der Waals surface area contributed by atoms with E-state index in [0.29, 0.717) is 32.1 Å². The first-order valence-electron chi connectivity index (χ1n) is 11.1. The van der Waals surface area contributed by atoms with Crippen LogP contribution in [0.1, 0.15) is 55.3 Å². The molecule has 2 amide bonds. The first-order chi connectivity index (χ1) is 16.3. The first kappa shape index (κ1) is 25.1. The molecule has 0 atom stereocenters. The number of hydrogen-bond donors (Lipinski definition) is 2. The second-order valence-corrected chi connectivity index (χ2v) is 8.08. The Hall–Kier alpha value is -3.56. The molecule has 34 heavy (non-hydrogen) atoms. The van der Waals surface area contributed by atoms with Gasteiger partial charge in [0.05, 0.1) is 13.3 Å². The van der Waals surface area contributed by atoms with E-state index in [1.54, 1.807) is 0 Å². The number of rotatable bonds is 9. The van der Waals surface area contributed by atoms with Crippen molar-refractivity contribution in [2.24, 2.45) is 0 Å². The predicted octanol–water partition coefficient (Wildman–Crippen LogP) is 3.65. The molecule has 1 aromatic heterocycles. The lowest BCUT2D eigenvalue weighted by Crippen LogP contribution is -2.43. The Bertz CT molecular complexity index is 1010. The number of ether oxygens (including phenoxy) is 2. The Morgan fingerprint density at radius 3 is 2.26 bits per heavy atom. The molecule has 0 spiro atoms. The Labute approximate surface area is 196 Å². The normalized spacial score (nSPS) is 17.5. The van der Waals surface area contributed by atoms with Crippen molar-refractivity contribution in [3.8, 4) is 11.6 Å². The van der Waals surface area contributed by atoms with Gasteiger partial charge in [0.15, 0.2) is 0 Å². The van der Waals surface area contributed by atoms with Gasteiger partial charge in [-0.2, -0.15) is 0 Å². The number of carbonyl (C=O) groups excluding carboxylic acids is 3. The zero-order chi connectivity index (χ0) is 24.5. The summed E-state index contributed by atoms with van der Waals surface area (Å²) >= 11 is 0. The second kappa shape index (κ2) is 12.1. The molecule has 1 aliphatic carbocycles. The first-order valence-corrected chi connectivity index (χ1v) is 11.1. The maximum absolute atomic E-state index is 13.8. The highest BCUT2D eigenvalue weighted by molar-refractivity contribution is 5.96. The summed E-state index contributed by atoms with van der Waals surface area (Å²) in [5.74, 6) is -1.94. The summed E-state index contributed by atoms with van der Waals surface area (Å²) < 4.78 is 37.0. The zero-order valence-electron chi connectivity index (χ0n) is 18.8. The van der Waals surface area contributed by atoms with Crippen LogP contribution in [0.25, 0.3) is 0 Å². The number of nitrogens with one attached hydrogen (secondary N) is 2. The van der Waals surface area contributed by atoms with Crippen LogP contribution in [0.2, 0.25) is 0 Å². The topological polar surface area (TPSA) is 107 Å². The summed E-state index contributed by atoms with van der Waals surface area (Å²) in [6, 6.07) is 6.06. The predicted molar refractivity (Wildman–Crippen MR) is 118 cm³/mol. The molecule has 8 nitrogen and oxygen atoms in total. The van der Waals surface area contributed by atoms with E-state index < -0.39 is 17.5 Å². The smallest absolute Gasteiger partial charge is 0.305 e. The molecule has 182 valence electrons. The quantitative estimate of drug-likeness (QED) is 0.536. The molecule has 0 radical (unpaired) electrons. The minimum atomic E-state index is -0.685. The third kappa shape index (κ3) is 7.50. The lowest BCUT2D eigenvalue weighted by Gasteiger charge is -2.29. The molecule has 2 N–H and O–H groups in total. The molecule has 0 saturated heterocycles. The van der Waals surface area contributed by atoms with Crippen LogP contribution in [0.5, 0.6) is 11.6 Å². The van der Waals surface area contributed by atoms with Gasteiger partial charge in [0.1, 0.15) is 22.9 Å². The van der Waals surface area contributed by atoms with E-state index in [4.69, 9.17) is 4.74 Å². The van der Waals surface area contributed by atoms with Gasteiger partial charge in [-0.25, -0.2) is 13.8 Å². The summed E-state index contributed by atoms with van der Waals surface area (Å²) in [7, 11) is 1.31. The van der Waals surface area contributed by atoms with E-state index in [1.165, 1.54) is 31.4 Å². The minimum Gasteiger partial charge on any atom is -0.469 e. The Morgan fingerprint density at radius 1 is 0.971 bits per heavy atom. The number of halogens is 2. The standard InChI is InChI=1S/C24H27F2N3O5/c1-33-22(31)4-2-3-21(30)28-17-7-9-18(10-8-17)29-23(32)20-13-16(26)14-27-24(20)34-19-11-5-15(25)6-12-19/h5-6,11-14,17-18H,2-4,7-10H2,1H3,(H,28,30)(H,29,32). The number of esters is 1. The maximum Gasteiger partial charge on any atom is 0.305 e. The number of methoxy groups -OCH3 is 1. The maximum atomic E-state index is 13.8. The average molecular weight is 475 g/mol. The Morgan fingerprint density at radius 2 is 1.62 bits per heavy atom. The van der Waals surface area contributed by atoms with E-state index in [0.717, 1.165) is 12.3 Å². The average Bonchev–Trinajstić information content (AvgIpc) is 2.82. The fourth-order valence-corrected chi connectivity index (χ4v) is 3.73. The molecule has 1 heterocycles. The van der Waals surface area contributed by atoms with Crippen molar-refractivity contribution in [3.63, 3.8) is 0 Å². The lowest BCUT2D eigenvalue weighted by atomic mass is 9.91. The number of aromatic nitrogens is 1. The van der Waals surface area contributed by atoms with Crippen LogP contribution in [0.15, 0.2) is 36.5 Å². The van der Waals surface area contributed by atoms with Crippen LogP contribution < -0.4 is 15.4 Å². The Kier molecular flexibility index (Phi) is 8.89. The fraction of sp³-hybridized carbons (Fsp3) is 0.417. The van der Waals surface area contributed by atoms with Crippen molar-refractivity contribution in [3.05, 3.63) is 53.7 Å². The highest BCUT2D eigenvalue weighted by Crippen LogP contribution is 2.25. The number of hydrogen-bond acceptors (Lipinski definition) is 6. The van der Waals surface area contributed by atoms with Gasteiger partial charge in [-0.05, 0) is 62.4 Å². The van der Waals surface area contributed by atoms with E-state index in [-0.39, 0.29) is 54.0 Å². The molecule has 10 heteroatoms.